The maximum atomic E-state index is 12.7. The minimum atomic E-state index is -4.56. The first-order valence-electron chi connectivity index (χ1n) is 24.5. The third kappa shape index (κ3) is 46.6. The normalized spacial score (nSPS) is 15.3. The van der Waals surface area contributed by atoms with E-state index in [1.807, 2.05) is 21.1 Å². The van der Waals surface area contributed by atoms with E-state index in [1.54, 1.807) is 0 Å². The molecule has 0 saturated heterocycles. The number of nitrogens with zero attached hydrogens (tertiary/aromatic N) is 1. The fraction of sp³-hybridized carbons (Fsp3) is 0.582. The number of nitrogens with one attached hydrogen (secondary N) is 1. The molecule has 0 aromatic carbocycles. The SMILES string of the molecule is CC/C=C\C/C=C\C/C=C\C/C=C\C/C=C\C/C=C\C/C=C\C/C=C\C/C=C\C/C=C\C/C=C\CCCCCCCC(=O)NC(COP(=O)([O-])OCC[N+](C)(C)C)C(O)CCCCC. The third-order valence-electron chi connectivity index (χ3n) is 9.90. The lowest BCUT2D eigenvalue weighted by Gasteiger charge is -2.30. The van der Waals surface area contributed by atoms with E-state index in [-0.39, 0.29) is 19.1 Å². The third-order valence-corrected chi connectivity index (χ3v) is 10.9. The second-order valence-corrected chi connectivity index (χ2v) is 18.5. The van der Waals surface area contributed by atoms with Gasteiger partial charge in [-0.15, -0.1) is 0 Å². The average molecular weight is 907 g/mol. The van der Waals surface area contributed by atoms with E-state index in [4.69, 9.17) is 9.05 Å². The summed E-state index contributed by atoms with van der Waals surface area (Å²) in [5, 5.41) is 13.5. The van der Waals surface area contributed by atoms with E-state index in [0.29, 0.717) is 23.9 Å². The Bertz CT molecular complexity index is 1490. The molecule has 0 rings (SSSR count). The quantitative estimate of drug-likeness (QED) is 0.0273. The van der Waals surface area contributed by atoms with Crippen molar-refractivity contribution in [2.45, 2.75) is 167 Å². The number of hydrogen-bond acceptors (Lipinski definition) is 6. The molecular weight excluding hydrogens is 816 g/mol. The minimum absolute atomic E-state index is 0.00120. The number of unbranched alkanes of at least 4 members (excludes halogenated alkanes) is 7. The minimum Gasteiger partial charge on any atom is -0.756 e. The number of hydrogen-bond donors (Lipinski definition) is 2. The van der Waals surface area contributed by atoms with Crippen molar-refractivity contribution in [3.8, 4) is 0 Å². The highest BCUT2D eigenvalue weighted by atomic mass is 31.2. The molecule has 0 aliphatic carbocycles. The van der Waals surface area contributed by atoms with Crippen molar-refractivity contribution in [1.82, 2.24) is 5.32 Å². The summed E-state index contributed by atoms with van der Waals surface area (Å²) in [7, 11) is 1.26. The van der Waals surface area contributed by atoms with Crippen LogP contribution in [0.2, 0.25) is 0 Å². The van der Waals surface area contributed by atoms with Crippen LogP contribution in [0.15, 0.2) is 134 Å². The van der Waals surface area contributed by atoms with Crippen LogP contribution in [0.3, 0.4) is 0 Å². The van der Waals surface area contributed by atoms with Crippen LogP contribution in [0.25, 0.3) is 0 Å². The van der Waals surface area contributed by atoms with E-state index in [1.165, 1.54) is 0 Å². The number of aliphatic hydroxyl groups is 1. The number of carbonyl (C=O) groups excluding carboxylic acids is 1. The molecule has 3 atom stereocenters. The van der Waals surface area contributed by atoms with Gasteiger partial charge in [-0.3, -0.25) is 9.36 Å². The van der Waals surface area contributed by atoms with Crippen LogP contribution >= 0.6 is 7.82 Å². The van der Waals surface area contributed by atoms with E-state index in [9.17, 15) is 19.4 Å². The molecule has 0 aliphatic heterocycles. The van der Waals surface area contributed by atoms with Gasteiger partial charge in [0.25, 0.3) is 7.82 Å². The molecule has 0 heterocycles. The Labute approximate surface area is 392 Å². The van der Waals surface area contributed by atoms with Gasteiger partial charge >= 0.3 is 0 Å². The highest BCUT2D eigenvalue weighted by Crippen LogP contribution is 2.38. The summed E-state index contributed by atoms with van der Waals surface area (Å²) < 4.78 is 22.9. The number of carbonyl (C=O) groups is 1. The first-order valence-corrected chi connectivity index (χ1v) is 26.0. The zero-order valence-electron chi connectivity index (χ0n) is 40.9. The Kier molecular flexibility index (Phi) is 42.5. The summed E-state index contributed by atoms with van der Waals surface area (Å²) in [5.74, 6) is -0.203. The summed E-state index contributed by atoms with van der Waals surface area (Å²) in [6.07, 6.45) is 68.6. The zero-order chi connectivity index (χ0) is 47.1. The van der Waals surface area contributed by atoms with Crippen molar-refractivity contribution in [3.05, 3.63) is 134 Å². The Morgan fingerprint density at radius 3 is 1.36 bits per heavy atom. The molecule has 0 spiro atoms. The molecule has 8 nitrogen and oxygen atoms in total. The second kappa shape index (κ2) is 44.8. The van der Waals surface area contributed by atoms with Gasteiger partial charge in [-0.25, -0.2) is 0 Å². The lowest BCUT2D eigenvalue weighted by molar-refractivity contribution is -0.870. The maximum Gasteiger partial charge on any atom is 0.268 e. The van der Waals surface area contributed by atoms with E-state index >= 15 is 0 Å². The van der Waals surface area contributed by atoms with Gasteiger partial charge in [0.2, 0.25) is 5.91 Å². The number of phosphoric ester groups is 1. The number of rotatable bonds is 42. The number of amides is 1. The molecule has 0 saturated carbocycles. The van der Waals surface area contributed by atoms with Crippen molar-refractivity contribution in [2.24, 2.45) is 0 Å². The maximum absolute atomic E-state index is 12.7. The average Bonchev–Trinajstić information content (AvgIpc) is 3.25. The molecular formula is C55H91N2O6P. The van der Waals surface area contributed by atoms with Crippen LogP contribution in [0.1, 0.15) is 155 Å². The lowest BCUT2D eigenvalue weighted by Crippen LogP contribution is -2.46. The van der Waals surface area contributed by atoms with Crippen molar-refractivity contribution in [3.63, 3.8) is 0 Å². The van der Waals surface area contributed by atoms with Crippen LogP contribution < -0.4 is 10.2 Å². The van der Waals surface area contributed by atoms with Crippen molar-refractivity contribution in [1.29, 1.82) is 0 Å². The first-order chi connectivity index (χ1) is 31.0. The number of phosphoric acid groups is 1. The van der Waals surface area contributed by atoms with Crippen molar-refractivity contribution < 1.29 is 32.9 Å². The Hall–Kier alpha value is -3.36. The van der Waals surface area contributed by atoms with Gasteiger partial charge in [-0.05, 0) is 96.3 Å². The summed E-state index contributed by atoms with van der Waals surface area (Å²) in [6, 6.07) is -0.816. The lowest BCUT2D eigenvalue weighted by atomic mass is 10.0. The molecule has 362 valence electrons. The molecule has 64 heavy (non-hydrogen) atoms. The highest BCUT2D eigenvalue weighted by molar-refractivity contribution is 7.45. The van der Waals surface area contributed by atoms with Crippen molar-refractivity contribution >= 4 is 13.7 Å². The summed E-state index contributed by atoms with van der Waals surface area (Å²) in [4.78, 5) is 25.0. The monoisotopic (exact) mass is 907 g/mol. The van der Waals surface area contributed by atoms with Crippen LogP contribution in [-0.4, -0.2) is 68.5 Å². The van der Waals surface area contributed by atoms with Crippen LogP contribution in [0.5, 0.6) is 0 Å². The van der Waals surface area contributed by atoms with Crippen LogP contribution in [0.4, 0.5) is 0 Å². The summed E-state index contributed by atoms with van der Waals surface area (Å²) in [6.45, 7) is 4.37. The topological polar surface area (TPSA) is 108 Å². The van der Waals surface area contributed by atoms with Gasteiger partial charge in [0, 0.05) is 6.42 Å². The van der Waals surface area contributed by atoms with Gasteiger partial charge in [0.1, 0.15) is 13.2 Å². The van der Waals surface area contributed by atoms with Gasteiger partial charge in [0.15, 0.2) is 0 Å². The molecule has 0 radical (unpaired) electrons. The number of likely N-dealkylation sites (N-methyl/N-ethyl adjacent to an activating group) is 1. The fourth-order valence-electron chi connectivity index (χ4n) is 6.04. The van der Waals surface area contributed by atoms with E-state index in [2.05, 4.69) is 153 Å². The van der Waals surface area contributed by atoms with Gasteiger partial charge in [0.05, 0.1) is 39.9 Å². The van der Waals surface area contributed by atoms with Crippen LogP contribution in [0, 0.1) is 0 Å². The molecule has 0 bridgehead atoms. The summed E-state index contributed by atoms with van der Waals surface area (Å²) in [5.41, 5.74) is 0. The molecule has 9 heteroatoms. The molecule has 1 amide bonds. The number of quaternary nitrogens is 1. The molecule has 0 aromatic heterocycles. The first kappa shape index (κ1) is 60.6. The van der Waals surface area contributed by atoms with Crippen molar-refractivity contribution in [2.75, 3.05) is 40.9 Å². The fourth-order valence-corrected chi connectivity index (χ4v) is 6.76. The van der Waals surface area contributed by atoms with Crippen LogP contribution in [-0.2, 0) is 18.4 Å². The molecule has 0 fully saturated rings. The molecule has 0 aromatic rings. The predicted octanol–water partition coefficient (Wildman–Crippen LogP) is 13.8. The van der Waals surface area contributed by atoms with E-state index in [0.717, 1.165) is 128 Å². The molecule has 0 aliphatic rings. The Morgan fingerprint density at radius 1 is 0.562 bits per heavy atom. The number of allylic oxidation sites excluding steroid dienone is 22. The van der Waals surface area contributed by atoms with Gasteiger partial charge in [-0.1, -0.05) is 186 Å². The second-order valence-electron chi connectivity index (χ2n) is 17.1. The van der Waals surface area contributed by atoms with Gasteiger partial charge in [-0.2, -0.15) is 0 Å². The predicted molar refractivity (Wildman–Crippen MR) is 274 cm³/mol. The summed E-state index contributed by atoms with van der Waals surface area (Å²) >= 11 is 0. The van der Waals surface area contributed by atoms with Gasteiger partial charge < -0.3 is 28.8 Å². The molecule has 3 unspecified atom stereocenters. The number of aliphatic hydroxyl groups excluding tert-OH is 1. The Morgan fingerprint density at radius 2 is 0.953 bits per heavy atom. The Balaban J connectivity index is 3.96. The van der Waals surface area contributed by atoms with E-state index < -0.39 is 20.0 Å². The highest BCUT2D eigenvalue weighted by Gasteiger charge is 2.24. The molecule has 2 N–H and O–H groups in total. The standard InChI is InChI=1S/C55H91N2O6P/c1-6-8-10-11-12-13-14-15-16-17-18-19-20-21-22-23-24-25-26-27-28-29-30-31-32-33-34-35-36-37-38-39-40-41-42-43-44-45-47-49-55(59)56-53(54(58)48-46-9-7-2)52-63-64(60,61)62-51-50-57(3,4)5/h8,10,12-13,15-16,18-19,21-22,24-25,27-28,30-31,33-34,36-37,39-40,53-54,58H,6-7,9,11,14,17,20,23,26,29,32,35,38,41-52H2,1-5H3,(H-,56,59,60,61)/b10-8-,13-12-,16-15-,19-18-,22-21-,25-24-,28-27-,31-30-,34-33-,37-36-,40-39-. The zero-order valence-corrected chi connectivity index (χ0v) is 41.8. The largest absolute Gasteiger partial charge is 0.756 e. The smallest absolute Gasteiger partial charge is 0.268 e.